The number of unbranched alkanes of at least 4 members (excludes halogenated alkanes) is 4. The largest absolute Gasteiger partial charge is 0.393 e. The highest BCUT2D eigenvalue weighted by molar-refractivity contribution is 5.16. The predicted octanol–water partition coefficient (Wildman–Crippen LogP) is 4.09. The lowest BCUT2D eigenvalue weighted by Crippen LogP contribution is -2.10. The Bertz CT molecular complexity index is 312. The molecular weight excluding hydrogens is 215 g/mol. The van der Waals surface area contributed by atoms with Gasteiger partial charge in [0, 0.05) is 0 Å². The van der Waals surface area contributed by atoms with Gasteiger partial charge in [0.15, 0.2) is 0 Å². The van der Waals surface area contributed by atoms with E-state index in [1.807, 2.05) is 6.07 Å². The summed E-state index contributed by atoms with van der Waals surface area (Å²) < 4.78 is 12.9. The molecule has 0 aliphatic heterocycles. The standard InChI is InChI=1S/C15H23FO/c1-2-3-4-5-6-10-15(17)12-13-8-7-9-14(16)11-13/h7-9,11,15,17H,2-6,10,12H2,1H3. The summed E-state index contributed by atoms with van der Waals surface area (Å²) in [5.74, 6) is -0.224. The summed E-state index contributed by atoms with van der Waals surface area (Å²) in [6, 6.07) is 6.49. The smallest absolute Gasteiger partial charge is 0.123 e. The number of rotatable bonds is 8. The molecule has 2 heteroatoms. The second-order valence-corrected chi connectivity index (χ2v) is 4.69. The first-order chi connectivity index (χ1) is 8.22. The third kappa shape index (κ3) is 6.42. The second-order valence-electron chi connectivity index (χ2n) is 4.69. The highest BCUT2D eigenvalue weighted by atomic mass is 19.1. The summed E-state index contributed by atoms with van der Waals surface area (Å²) in [6.07, 6.45) is 7.07. The zero-order valence-electron chi connectivity index (χ0n) is 10.7. The summed E-state index contributed by atoms with van der Waals surface area (Å²) >= 11 is 0. The average molecular weight is 238 g/mol. The van der Waals surface area contributed by atoms with E-state index in [0.717, 1.165) is 18.4 Å². The van der Waals surface area contributed by atoms with Crippen molar-refractivity contribution in [2.24, 2.45) is 0 Å². The molecule has 0 aliphatic carbocycles. The van der Waals surface area contributed by atoms with Gasteiger partial charge in [-0.1, -0.05) is 51.2 Å². The fourth-order valence-electron chi connectivity index (χ4n) is 2.02. The Kier molecular flexibility index (Phi) is 6.87. The zero-order valence-corrected chi connectivity index (χ0v) is 10.7. The van der Waals surface area contributed by atoms with Gasteiger partial charge in [0.25, 0.3) is 0 Å². The molecule has 0 heterocycles. The molecule has 0 saturated heterocycles. The maximum atomic E-state index is 12.9. The van der Waals surface area contributed by atoms with E-state index in [1.54, 1.807) is 6.07 Å². The Morgan fingerprint density at radius 3 is 2.65 bits per heavy atom. The molecule has 0 saturated carbocycles. The van der Waals surface area contributed by atoms with Crippen molar-refractivity contribution >= 4 is 0 Å². The van der Waals surface area contributed by atoms with E-state index in [9.17, 15) is 9.50 Å². The van der Waals surface area contributed by atoms with Crippen molar-refractivity contribution < 1.29 is 9.50 Å². The Hall–Kier alpha value is -0.890. The maximum absolute atomic E-state index is 12.9. The third-order valence-electron chi connectivity index (χ3n) is 3.00. The van der Waals surface area contributed by atoms with Crippen molar-refractivity contribution in [1.82, 2.24) is 0 Å². The van der Waals surface area contributed by atoms with Crippen molar-refractivity contribution in [1.29, 1.82) is 0 Å². The minimum atomic E-state index is -0.335. The SMILES string of the molecule is CCCCCCCC(O)Cc1cccc(F)c1. The van der Waals surface area contributed by atoms with E-state index in [1.165, 1.54) is 37.8 Å². The van der Waals surface area contributed by atoms with E-state index >= 15 is 0 Å². The second kappa shape index (κ2) is 8.24. The van der Waals surface area contributed by atoms with Crippen molar-refractivity contribution in [3.8, 4) is 0 Å². The van der Waals surface area contributed by atoms with Crippen LogP contribution >= 0.6 is 0 Å². The van der Waals surface area contributed by atoms with E-state index in [2.05, 4.69) is 6.92 Å². The lowest BCUT2D eigenvalue weighted by Gasteiger charge is -2.10. The first kappa shape index (κ1) is 14.2. The van der Waals surface area contributed by atoms with Gasteiger partial charge in [0.2, 0.25) is 0 Å². The van der Waals surface area contributed by atoms with Gasteiger partial charge >= 0.3 is 0 Å². The molecule has 1 nitrogen and oxygen atoms in total. The Morgan fingerprint density at radius 2 is 1.94 bits per heavy atom. The molecule has 0 aliphatic rings. The van der Waals surface area contributed by atoms with E-state index < -0.39 is 0 Å². The topological polar surface area (TPSA) is 20.2 Å². The Labute approximate surface area is 104 Å². The van der Waals surface area contributed by atoms with Crippen LogP contribution in [0, 0.1) is 5.82 Å². The van der Waals surface area contributed by atoms with Crippen molar-refractivity contribution in [3.05, 3.63) is 35.6 Å². The number of aliphatic hydroxyl groups is 1. The first-order valence-electron chi connectivity index (χ1n) is 6.65. The van der Waals surface area contributed by atoms with Crippen LogP contribution in [-0.2, 0) is 6.42 Å². The summed E-state index contributed by atoms with van der Waals surface area (Å²) in [5, 5.41) is 9.83. The summed E-state index contributed by atoms with van der Waals surface area (Å²) in [7, 11) is 0. The van der Waals surface area contributed by atoms with Crippen molar-refractivity contribution in [3.63, 3.8) is 0 Å². The molecule has 1 N–H and O–H groups in total. The van der Waals surface area contributed by atoms with Crippen LogP contribution in [0.1, 0.15) is 51.0 Å². The molecule has 17 heavy (non-hydrogen) atoms. The van der Waals surface area contributed by atoms with Crippen LogP contribution in [0.3, 0.4) is 0 Å². The molecule has 96 valence electrons. The Morgan fingerprint density at radius 1 is 1.18 bits per heavy atom. The van der Waals surface area contributed by atoms with Crippen molar-refractivity contribution in [2.75, 3.05) is 0 Å². The lowest BCUT2D eigenvalue weighted by molar-refractivity contribution is 0.161. The van der Waals surface area contributed by atoms with Gasteiger partial charge in [0.1, 0.15) is 5.82 Å². The summed E-state index contributed by atoms with van der Waals surface area (Å²) in [5.41, 5.74) is 0.881. The van der Waals surface area contributed by atoms with Crippen molar-refractivity contribution in [2.45, 2.75) is 58.0 Å². The zero-order chi connectivity index (χ0) is 12.5. The van der Waals surface area contributed by atoms with Gasteiger partial charge in [-0.3, -0.25) is 0 Å². The molecule has 1 unspecified atom stereocenters. The van der Waals surface area contributed by atoms with Gasteiger partial charge in [-0.05, 0) is 30.5 Å². The van der Waals surface area contributed by atoms with Gasteiger partial charge < -0.3 is 5.11 Å². The minimum Gasteiger partial charge on any atom is -0.393 e. The summed E-state index contributed by atoms with van der Waals surface area (Å²) in [4.78, 5) is 0. The molecule has 1 rings (SSSR count). The van der Waals surface area contributed by atoms with Gasteiger partial charge in [-0.2, -0.15) is 0 Å². The van der Waals surface area contributed by atoms with Crippen LogP contribution < -0.4 is 0 Å². The molecule has 1 atom stereocenters. The number of halogens is 1. The highest BCUT2D eigenvalue weighted by Gasteiger charge is 2.05. The van der Waals surface area contributed by atoms with Crippen LogP contribution in [-0.4, -0.2) is 11.2 Å². The lowest BCUT2D eigenvalue weighted by atomic mass is 10.0. The fourth-order valence-corrected chi connectivity index (χ4v) is 2.02. The van der Waals surface area contributed by atoms with Crippen LogP contribution in [0.25, 0.3) is 0 Å². The average Bonchev–Trinajstić information content (AvgIpc) is 2.29. The highest BCUT2D eigenvalue weighted by Crippen LogP contribution is 2.12. The minimum absolute atomic E-state index is 0.224. The monoisotopic (exact) mass is 238 g/mol. The molecule has 1 aromatic rings. The van der Waals surface area contributed by atoms with Crippen LogP contribution in [0.15, 0.2) is 24.3 Å². The quantitative estimate of drug-likeness (QED) is 0.676. The molecule has 1 aromatic carbocycles. The van der Waals surface area contributed by atoms with Gasteiger partial charge in [-0.25, -0.2) is 4.39 Å². The molecule has 0 amide bonds. The van der Waals surface area contributed by atoms with E-state index in [-0.39, 0.29) is 11.9 Å². The predicted molar refractivity (Wildman–Crippen MR) is 69.5 cm³/mol. The molecular formula is C15H23FO. The molecule has 0 fully saturated rings. The molecule has 0 aromatic heterocycles. The molecule has 0 radical (unpaired) electrons. The first-order valence-corrected chi connectivity index (χ1v) is 6.65. The molecule has 0 spiro atoms. The summed E-state index contributed by atoms with van der Waals surface area (Å²) in [6.45, 7) is 2.19. The van der Waals surface area contributed by atoms with Gasteiger partial charge in [-0.15, -0.1) is 0 Å². The van der Waals surface area contributed by atoms with Crippen LogP contribution in [0.5, 0.6) is 0 Å². The third-order valence-corrected chi connectivity index (χ3v) is 3.00. The van der Waals surface area contributed by atoms with E-state index in [4.69, 9.17) is 0 Å². The number of hydrogen-bond donors (Lipinski definition) is 1. The van der Waals surface area contributed by atoms with Crippen LogP contribution in [0.4, 0.5) is 4.39 Å². The normalized spacial score (nSPS) is 12.6. The van der Waals surface area contributed by atoms with E-state index in [0.29, 0.717) is 6.42 Å². The fraction of sp³-hybridized carbons (Fsp3) is 0.600. The number of benzene rings is 1. The number of hydrogen-bond acceptors (Lipinski definition) is 1. The Balaban J connectivity index is 2.18. The van der Waals surface area contributed by atoms with Gasteiger partial charge in [0.05, 0.1) is 6.10 Å². The maximum Gasteiger partial charge on any atom is 0.123 e. The molecule has 0 bridgehead atoms. The number of aliphatic hydroxyl groups excluding tert-OH is 1. The van der Waals surface area contributed by atoms with Crippen LogP contribution in [0.2, 0.25) is 0 Å².